The quantitative estimate of drug-likeness (QED) is 0.345. The van der Waals surface area contributed by atoms with Crippen LogP contribution in [0.15, 0.2) is 24.4 Å². The van der Waals surface area contributed by atoms with Gasteiger partial charge in [-0.3, -0.25) is 9.48 Å². The van der Waals surface area contributed by atoms with Crippen molar-refractivity contribution in [2.45, 2.75) is 65.3 Å². The number of rotatable bonds is 9. The van der Waals surface area contributed by atoms with Crippen molar-refractivity contribution in [3.8, 4) is 11.3 Å². The largest absolute Gasteiger partial charge is 0.531 e. The molecule has 0 N–H and O–H groups in total. The SMILES string of the molecule is C=[N+]1C(=O)N(N(C(=O)CCCCC)S(C)(=O)=O)C(=O)c2cc(-c3ccnn3C(C)C)c(C(C)(F)F)cc21. The van der Waals surface area contributed by atoms with Gasteiger partial charge >= 0.3 is 11.9 Å². The Labute approximate surface area is 214 Å². The number of hydrazine groups is 1. The van der Waals surface area contributed by atoms with E-state index in [4.69, 9.17) is 0 Å². The first-order valence-electron chi connectivity index (χ1n) is 11.7. The third kappa shape index (κ3) is 5.31. The Kier molecular flexibility index (Phi) is 7.68. The van der Waals surface area contributed by atoms with Gasteiger partial charge in [0.15, 0.2) is 5.69 Å². The number of unbranched alkanes of at least 4 members (excludes halogenated alkanes) is 2. The minimum Gasteiger partial charge on any atom is -0.270 e. The molecule has 0 saturated heterocycles. The topological polar surface area (TPSA) is 113 Å². The summed E-state index contributed by atoms with van der Waals surface area (Å²) >= 11 is 0. The van der Waals surface area contributed by atoms with Crippen molar-refractivity contribution in [3.63, 3.8) is 0 Å². The van der Waals surface area contributed by atoms with E-state index >= 15 is 0 Å². The molecule has 1 aliphatic rings. The van der Waals surface area contributed by atoms with Gasteiger partial charge in [0.25, 0.3) is 21.9 Å². The maximum Gasteiger partial charge on any atom is 0.531 e. The lowest BCUT2D eigenvalue weighted by Gasteiger charge is -2.28. The highest BCUT2D eigenvalue weighted by molar-refractivity contribution is 7.88. The summed E-state index contributed by atoms with van der Waals surface area (Å²) in [5, 5.41) is 4.38. The summed E-state index contributed by atoms with van der Waals surface area (Å²) in [6, 6.07) is 2.17. The van der Waals surface area contributed by atoms with Crippen LogP contribution in [0, 0.1) is 0 Å². The lowest BCUT2D eigenvalue weighted by Crippen LogP contribution is -2.58. The van der Waals surface area contributed by atoms with Gasteiger partial charge in [0, 0.05) is 36.7 Å². The van der Waals surface area contributed by atoms with E-state index in [-0.39, 0.29) is 44.4 Å². The number of hydrogen-bond acceptors (Lipinski definition) is 6. The van der Waals surface area contributed by atoms with E-state index in [9.17, 15) is 31.6 Å². The summed E-state index contributed by atoms with van der Waals surface area (Å²) in [7, 11) is -4.42. The van der Waals surface area contributed by atoms with Crippen LogP contribution < -0.4 is 0 Å². The van der Waals surface area contributed by atoms with E-state index in [1.54, 1.807) is 13.8 Å². The first kappa shape index (κ1) is 28.1. The molecule has 2 heterocycles. The smallest absolute Gasteiger partial charge is 0.270 e. The predicted molar refractivity (Wildman–Crippen MR) is 132 cm³/mol. The molecule has 1 aromatic heterocycles. The number of carbonyl (C=O) groups is 3. The van der Waals surface area contributed by atoms with E-state index in [1.165, 1.54) is 16.9 Å². The molecule has 1 aliphatic heterocycles. The Morgan fingerprint density at radius 2 is 1.86 bits per heavy atom. The molecule has 37 heavy (non-hydrogen) atoms. The van der Waals surface area contributed by atoms with Crippen molar-refractivity contribution in [1.82, 2.24) is 19.2 Å². The second kappa shape index (κ2) is 10.1. The Morgan fingerprint density at radius 3 is 2.41 bits per heavy atom. The molecule has 10 nitrogen and oxygen atoms in total. The maximum absolute atomic E-state index is 14.8. The molecular weight excluding hydrogens is 508 g/mol. The lowest BCUT2D eigenvalue weighted by atomic mass is 9.94. The number of benzene rings is 1. The van der Waals surface area contributed by atoms with Gasteiger partial charge in [0.05, 0.1) is 18.7 Å². The fraction of sp³-hybridized carbons (Fsp3) is 0.458. The van der Waals surface area contributed by atoms with E-state index < -0.39 is 39.4 Å². The third-order valence-corrected chi connectivity index (χ3v) is 6.87. The summed E-state index contributed by atoms with van der Waals surface area (Å²) in [6.07, 6.45) is 3.65. The zero-order chi connectivity index (χ0) is 27.9. The van der Waals surface area contributed by atoms with Crippen LogP contribution in [0.2, 0.25) is 0 Å². The number of carbonyl (C=O) groups excluding carboxylic acids is 3. The van der Waals surface area contributed by atoms with Crippen molar-refractivity contribution < 1.29 is 36.2 Å². The zero-order valence-corrected chi connectivity index (χ0v) is 22.2. The van der Waals surface area contributed by atoms with Gasteiger partial charge in [-0.2, -0.15) is 14.5 Å². The van der Waals surface area contributed by atoms with Crippen LogP contribution in [0.3, 0.4) is 0 Å². The average Bonchev–Trinajstić information content (AvgIpc) is 3.28. The van der Waals surface area contributed by atoms with Crippen molar-refractivity contribution in [2.24, 2.45) is 0 Å². The van der Waals surface area contributed by atoms with Gasteiger partial charge < -0.3 is 0 Å². The Morgan fingerprint density at radius 1 is 1.22 bits per heavy atom. The third-order valence-electron chi connectivity index (χ3n) is 5.87. The van der Waals surface area contributed by atoms with Crippen LogP contribution in [-0.2, 0) is 20.7 Å². The van der Waals surface area contributed by atoms with Crippen LogP contribution in [0.4, 0.5) is 19.3 Å². The molecule has 200 valence electrons. The number of imide groups is 1. The Hall–Kier alpha value is -3.48. The van der Waals surface area contributed by atoms with Crippen LogP contribution in [0.25, 0.3) is 11.3 Å². The number of halogens is 2. The number of aromatic nitrogens is 2. The average molecular weight is 539 g/mol. The molecule has 0 atom stereocenters. The fourth-order valence-electron chi connectivity index (χ4n) is 4.14. The number of amides is 4. The summed E-state index contributed by atoms with van der Waals surface area (Å²) in [4.78, 5) is 39.6. The second-order valence-corrected chi connectivity index (χ2v) is 11.1. The molecule has 3 rings (SSSR count). The summed E-state index contributed by atoms with van der Waals surface area (Å²) in [6.45, 7) is 9.74. The number of fused-ring (bicyclic) bond motifs is 1. The van der Waals surface area contributed by atoms with Crippen LogP contribution in [-0.4, -0.2) is 63.0 Å². The van der Waals surface area contributed by atoms with Gasteiger partial charge in [-0.1, -0.05) is 24.2 Å². The van der Waals surface area contributed by atoms with Gasteiger partial charge in [-0.15, -0.1) is 0 Å². The van der Waals surface area contributed by atoms with Gasteiger partial charge in [-0.25, -0.2) is 22.0 Å². The first-order chi connectivity index (χ1) is 17.1. The number of alkyl halides is 2. The van der Waals surface area contributed by atoms with Crippen molar-refractivity contribution in [2.75, 3.05) is 6.26 Å². The fourth-order valence-corrected chi connectivity index (χ4v) is 5.04. The lowest BCUT2D eigenvalue weighted by molar-refractivity contribution is -0.341. The standard InChI is InChI=1S/C24H30F2N5O5S/c1-7-8-9-10-21(32)31(37(6,35)36)30-22(33)17-13-16(19-11-12-27-29(19)15(2)3)18(24(4,25)26)14-20(17)28(5)23(30)34/h11-15H,5,7-10H2,1-4,6H3/q+1. The zero-order valence-electron chi connectivity index (χ0n) is 21.4. The van der Waals surface area contributed by atoms with Crippen molar-refractivity contribution >= 4 is 40.3 Å². The highest BCUT2D eigenvalue weighted by Gasteiger charge is 2.52. The highest BCUT2D eigenvalue weighted by atomic mass is 32.2. The number of hydrogen-bond donors (Lipinski definition) is 0. The number of nitrogens with zero attached hydrogens (tertiary/aromatic N) is 5. The number of sulfonamides is 1. The molecule has 13 heteroatoms. The molecular formula is C24H30F2N5O5S+. The molecule has 0 unspecified atom stereocenters. The molecule has 0 spiro atoms. The van der Waals surface area contributed by atoms with Crippen LogP contribution in [0.1, 0.15) is 75.3 Å². The van der Waals surface area contributed by atoms with Crippen molar-refractivity contribution in [3.05, 3.63) is 35.5 Å². The van der Waals surface area contributed by atoms with E-state index in [0.717, 1.165) is 18.6 Å². The van der Waals surface area contributed by atoms with Crippen molar-refractivity contribution in [1.29, 1.82) is 0 Å². The molecule has 0 fully saturated rings. The normalized spacial score (nSPS) is 14.4. The molecule has 0 bridgehead atoms. The second-order valence-electron chi connectivity index (χ2n) is 9.24. The van der Waals surface area contributed by atoms with Gasteiger partial charge in [0.2, 0.25) is 0 Å². The molecule has 0 saturated carbocycles. The number of urea groups is 1. The highest BCUT2D eigenvalue weighted by Crippen LogP contribution is 2.42. The van der Waals surface area contributed by atoms with E-state index in [2.05, 4.69) is 11.8 Å². The minimum atomic E-state index is -4.42. The summed E-state index contributed by atoms with van der Waals surface area (Å²) < 4.78 is 57.0. The van der Waals surface area contributed by atoms with Crippen LogP contribution >= 0.6 is 0 Å². The van der Waals surface area contributed by atoms with Gasteiger partial charge in [0.1, 0.15) is 5.56 Å². The summed E-state index contributed by atoms with van der Waals surface area (Å²) in [5.74, 6) is -5.50. The van der Waals surface area contributed by atoms with E-state index in [1.807, 2.05) is 6.92 Å². The summed E-state index contributed by atoms with van der Waals surface area (Å²) in [5.41, 5.74) is -0.740. The molecule has 1 aromatic carbocycles. The monoisotopic (exact) mass is 538 g/mol. The molecule has 2 aromatic rings. The predicted octanol–water partition coefficient (Wildman–Crippen LogP) is 4.45. The molecule has 4 amide bonds. The Bertz CT molecular complexity index is 1380. The molecule has 0 aliphatic carbocycles. The first-order valence-corrected chi connectivity index (χ1v) is 13.6. The van der Waals surface area contributed by atoms with Gasteiger partial charge in [-0.05, 0) is 43.5 Å². The van der Waals surface area contributed by atoms with Crippen LogP contribution in [0.5, 0.6) is 0 Å². The molecule has 0 radical (unpaired) electrons. The Balaban J connectivity index is 2.25. The van der Waals surface area contributed by atoms with E-state index in [0.29, 0.717) is 30.6 Å². The maximum atomic E-state index is 14.8. The minimum absolute atomic E-state index is 0.0336.